The van der Waals surface area contributed by atoms with E-state index in [1.54, 1.807) is 19.1 Å². The highest BCUT2D eigenvalue weighted by Crippen LogP contribution is 2.20. The average Bonchev–Trinajstić information content (AvgIpc) is 2.54. The zero-order valence-corrected chi connectivity index (χ0v) is 12.5. The number of carbonyl (C=O) groups excluding carboxylic acids is 2. The van der Waals surface area contributed by atoms with Gasteiger partial charge in [0, 0.05) is 22.9 Å². The molecule has 0 saturated heterocycles. The minimum absolute atomic E-state index is 0.0380. The predicted octanol–water partition coefficient (Wildman–Crippen LogP) is 2.94. The summed E-state index contributed by atoms with van der Waals surface area (Å²) in [6, 6.07) is 10.3. The van der Waals surface area contributed by atoms with Crippen molar-refractivity contribution in [3.05, 3.63) is 69.3 Å². The fourth-order valence-electron chi connectivity index (χ4n) is 2.01. The molecule has 0 aliphatic rings. The van der Waals surface area contributed by atoms with Gasteiger partial charge in [0.2, 0.25) is 0 Å². The Kier molecular flexibility index (Phi) is 4.70. The molecule has 2 aromatic rings. The molecule has 2 aromatic carbocycles. The minimum atomic E-state index is -0.497. The van der Waals surface area contributed by atoms with Gasteiger partial charge in [-0.25, -0.2) is 4.79 Å². The first kappa shape index (κ1) is 16.2. The Labute approximate surface area is 132 Å². The van der Waals surface area contributed by atoms with Crippen molar-refractivity contribution in [2.24, 2.45) is 0 Å². The number of nitrogens with one attached hydrogen (secondary N) is 1. The number of ether oxygens (including phenoxy) is 1. The number of hydrogen-bond acceptors (Lipinski definition) is 5. The van der Waals surface area contributed by atoms with Crippen LogP contribution in [0.15, 0.2) is 42.5 Å². The molecular weight excluding hydrogens is 300 g/mol. The van der Waals surface area contributed by atoms with Crippen LogP contribution in [-0.2, 0) is 4.74 Å². The van der Waals surface area contributed by atoms with E-state index < -0.39 is 16.8 Å². The van der Waals surface area contributed by atoms with E-state index in [9.17, 15) is 19.7 Å². The van der Waals surface area contributed by atoms with Gasteiger partial charge in [0.1, 0.15) is 0 Å². The number of methoxy groups -OCH3 is 1. The van der Waals surface area contributed by atoms with Gasteiger partial charge in [-0.05, 0) is 43.3 Å². The van der Waals surface area contributed by atoms with Crippen LogP contribution in [0.2, 0.25) is 0 Å². The summed E-state index contributed by atoms with van der Waals surface area (Å²) in [4.78, 5) is 33.8. The smallest absolute Gasteiger partial charge is 0.337 e. The Bertz CT molecular complexity index is 769. The first-order chi connectivity index (χ1) is 10.9. The van der Waals surface area contributed by atoms with Crippen LogP contribution in [0.1, 0.15) is 26.3 Å². The first-order valence-corrected chi connectivity index (χ1v) is 6.67. The van der Waals surface area contributed by atoms with Crippen LogP contribution in [0.3, 0.4) is 0 Å². The van der Waals surface area contributed by atoms with Crippen LogP contribution in [-0.4, -0.2) is 23.9 Å². The van der Waals surface area contributed by atoms with Crippen molar-refractivity contribution in [3.63, 3.8) is 0 Å². The number of esters is 1. The number of nitrogens with zero attached hydrogens (tertiary/aromatic N) is 1. The highest BCUT2D eigenvalue weighted by molar-refractivity contribution is 6.04. The third-order valence-electron chi connectivity index (χ3n) is 3.22. The lowest BCUT2D eigenvalue weighted by Gasteiger charge is -2.07. The van der Waals surface area contributed by atoms with Gasteiger partial charge in [-0.15, -0.1) is 0 Å². The molecule has 1 amide bonds. The van der Waals surface area contributed by atoms with Crippen LogP contribution >= 0.6 is 0 Å². The monoisotopic (exact) mass is 314 g/mol. The standard InChI is InChI=1S/C16H14N2O5/c1-10-9-12(5-8-14(10)18(21)22)15(19)17-13-6-3-11(4-7-13)16(20)23-2/h3-9H,1-2H3,(H,17,19). The Morgan fingerprint density at radius 1 is 1.09 bits per heavy atom. The van der Waals surface area contributed by atoms with Gasteiger partial charge in [-0.2, -0.15) is 0 Å². The number of nitro benzene ring substituents is 1. The molecule has 0 saturated carbocycles. The highest BCUT2D eigenvalue weighted by Gasteiger charge is 2.14. The van der Waals surface area contributed by atoms with Gasteiger partial charge < -0.3 is 10.1 Å². The molecule has 2 rings (SSSR count). The molecule has 118 valence electrons. The van der Waals surface area contributed by atoms with E-state index in [-0.39, 0.29) is 5.69 Å². The summed E-state index contributed by atoms with van der Waals surface area (Å²) < 4.78 is 4.59. The van der Waals surface area contributed by atoms with Gasteiger partial charge in [-0.1, -0.05) is 0 Å². The lowest BCUT2D eigenvalue weighted by atomic mass is 10.1. The van der Waals surface area contributed by atoms with Crippen molar-refractivity contribution in [2.45, 2.75) is 6.92 Å². The largest absolute Gasteiger partial charge is 0.465 e. The van der Waals surface area contributed by atoms with Crippen LogP contribution in [0, 0.1) is 17.0 Å². The van der Waals surface area contributed by atoms with E-state index in [4.69, 9.17) is 0 Å². The third-order valence-corrected chi connectivity index (χ3v) is 3.22. The van der Waals surface area contributed by atoms with E-state index in [0.29, 0.717) is 22.4 Å². The Morgan fingerprint density at radius 3 is 2.22 bits per heavy atom. The topological polar surface area (TPSA) is 98.5 Å². The summed E-state index contributed by atoms with van der Waals surface area (Å²) in [5, 5.41) is 13.4. The molecule has 0 radical (unpaired) electrons. The van der Waals surface area contributed by atoms with Crippen LogP contribution in [0.5, 0.6) is 0 Å². The first-order valence-electron chi connectivity index (χ1n) is 6.67. The van der Waals surface area contributed by atoms with Gasteiger partial charge in [0.05, 0.1) is 17.6 Å². The van der Waals surface area contributed by atoms with E-state index >= 15 is 0 Å². The van der Waals surface area contributed by atoms with E-state index in [1.165, 1.54) is 37.4 Å². The second-order valence-electron chi connectivity index (χ2n) is 4.78. The fraction of sp³-hybridized carbons (Fsp3) is 0.125. The van der Waals surface area contributed by atoms with Crippen LogP contribution in [0.4, 0.5) is 11.4 Å². The predicted molar refractivity (Wildman–Crippen MR) is 83.6 cm³/mol. The van der Waals surface area contributed by atoms with Crippen LogP contribution in [0.25, 0.3) is 0 Å². The normalized spacial score (nSPS) is 10.0. The number of aryl methyl sites for hydroxylation is 1. The van der Waals surface area contributed by atoms with Gasteiger partial charge in [-0.3, -0.25) is 14.9 Å². The van der Waals surface area contributed by atoms with Crippen molar-refractivity contribution >= 4 is 23.3 Å². The number of amides is 1. The number of benzene rings is 2. The number of rotatable bonds is 4. The zero-order chi connectivity index (χ0) is 17.0. The fourth-order valence-corrected chi connectivity index (χ4v) is 2.01. The SMILES string of the molecule is COC(=O)c1ccc(NC(=O)c2ccc([N+](=O)[O-])c(C)c2)cc1. The van der Waals surface area contributed by atoms with Gasteiger partial charge >= 0.3 is 5.97 Å². The quantitative estimate of drug-likeness (QED) is 0.531. The average molecular weight is 314 g/mol. The molecule has 0 aliphatic heterocycles. The summed E-state index contributed by atoms with van der Waals surface area (Å²) in [6.07, 6.45) is 0. The Hall–Kier alpha value is -3.22. The molecule has 0 atom stereocenters. The minimum Gasteiger partial charge on any atom is -0.465 e. The third kappa shape index (κ3) is 3.70. The summed E-state index contributed by atoms with van der Waals surface area (Å²) in [7, 11) is 1.29. The zero-order valence-electron chi connectivity index (χ0n) is 12.5. The summed E-state index contributed by atoms with van der Waals surface area (Å²) >= 11 is 0. The molecule has 0 aliphatic carbocycles. The summed E-state index contributed by atoms with van der Waals surface area (Å²) in [5.74, 6) is -0.859. The molecular formula is C16H14N2O5. The van der Waals surface area contributed by atoms with Crippen LogP contribution < -0.4 is 5.32 Å². The molecule has 0 bridgehead atoms. The molecule has 0 unspecified atom stereocenters. The highest BCUT2D eigenvalue weighted by atomic mass is 16.6. The van der Waals surface area contributed by atoms with Crippen molar-refractivity contribution in [1.29, 1.82) is 0 Å². The number of hydrogen-bond donors (Lipinski definition) is 1. The maximum absolute atomic E-state index is 12.1. The molecule has 0 aromatic heterocycles. The number of nitro groups is 1. The summed E-state index contributed by atoms with van der Waals surface area (Å²) in [5.41, 5.74) is 1.55. The maximum Gasteiger partial charge on any atom is 0.337 e. The maximum atomic E-state index is 12.1. The van der Waals surface area contributed by atoms with E-state index in [0.717, 1.165) is 0 Å². The van der Waals surface area contributed by atoms with E-state index in [1.807, 2.05) is 0 Å². The lowest BCUT2D eigenvalue weighted by molar-refractivity contribution is -0.385. The molecule has 0 heterocycles. The van der Waals surface area contributed by atoms with Crippen molar-refractivity contribution < 1.29 is 19.2 Å². The van der Waals surface area contributed by atoms with Crippen molar-refractivity contribution in [3.8, 4) is 0 Å². The molecule has 1 N–H and O–H groups in total. The second kappa shape index (κ2) is 6.69. The number of anilines is 1. The Balaban J connectivity index is 2.14. The second-order valence-corrected chi connectivity index (χ2v) is 4.78. The molecule has 7 heteroatoms. The summed E-state index contributed by atoms with van der Waals surface area (Å²) in [6.45, 7) is 1.57. The van der Waals surface area contributed by atoms with E-state index in [2.05, 4.69) is 10.1 Å². The van der Waals surface area contributed by atoms with Gasteiger partial charge in [0.25, 0.3) is 11.6 Å². The molecule has 0 fully saturated rings. The molecule has 0 spiro atoms. The van der Waals surface area contributed by atoms with Crippen molar-refractivity contribution in [1.82, 2.24) is 0 Å². The Morgan fingerprint density at radius 2 is 1.70 bits per heavy atom. The van der Waals surface area contributed by atoms with Gasteiger partial charge in [0.15, 0.2) is 0 Å². The molecule has 7 nitrogen and oxygen atoms in total. The number of carbonyl (C=O) groups is 2. The molecule has 23 heavy (non-hydrogen) atoms. The lowest BCUT2D eigenvalue weighted by Crippen LogP contribution is -2.12. The van der Waals surface area contributed by atoms with Crippen molar-refractivity contribution in [2.75, 3.05) is 12.4 Å².